The number of aromatic nitrogens is 1. The maximum Gasteiger partial charge on any atom is 0.255 e. The highest BCUT2D eigenvalue weighted by molar-refractivity contribution is 7.88. The molecular formula is C15H16ClN3O4S. The van der Waals surface area contributed by atoms with E-state index in [1.54, 1.807) is 18.2 Å². The minimum absolute atomic E-state index is 0.00825. The Morgan fingerprint density at radius 1 is 1.29 bits per heavy atom. The van der Waals surface area contributed by atoms with Crippen LogP contribution in [0.1, 0.15) is 16.1 Å². The van der Waals surface area contributed by atoms with E-state index in [1.807, 2.05) is 0 Å². The van der Waals surface area contributed by atoms with Crippen molar-refractivity contribution in [2.24, 2.45) is 0 Å². The highest BCUT2D eigenvalue weighted by atomic mass is 35.5. The molecule has 0 radical (unpaired) electrons. The van der Waals surface area contributed by atoms with Gasteiger partial charge in [-0.3, -0.25) is 9.78 Å². The number of carbonyl (C=O) groups excluding carboxylic acids is 1. The minimum Gasteiger partial charge on any atom is -0.495 e. The molecule has 7 nitrogen and oxygen atoms in total. The quantitative estimate of drug-likeness (QED) is 0.812. The van der Waals surface area contributed by atoms with E-state index >= 15 is 0 Å². The number of hydrogen-bond donors (Lipinski definition) is 2. The van der Waals surface area contributed by atoms with Crippen LogP contribution in [-0.4, -0.2) is 32.7 Å². The predicted octanol–water partition coefficient (Wildman–Crippen LogP) is 2.05. The van der Waals surface area contributed by atoms with Crippen LogP contribution in [0.2, 0.25) is 5.02 Å². The lowest BCUT2D eigenvalue weighted by Gasteiger charge is -2.09. The molecule has 2 N–H and O–H groups in total. The van der Waals surface area contributed by atoms with E-state index in [0.29, 0.717) is 27.7 Å². The number of halogens is 1. The molecule has 24 heavy (non-hydrogen) atoms. The fraction of sp³-hybridized carbons (Fsp3) is 0.200. The smallest absolute Gasteiger partial charge is 0.255 e. The van der Waals surface area contributed by atoms with Gasteiger partial charge in [0.2, 0.25) is 10.0 Å². The summed E-state index contributed by atoms with van der Waals surface area (Å²) in [5.74, 6) is 0.145. The van der Waals surface area contributed by atoms with Gasteiger partial charge in [0.05, 0.1) is 30.6 Å². The monoisotopic (exact) mass is 369 g/mol. The van der Waals surface area contributed by atoms with Crippen molar-refractivity contribution in [2.75, 3.05) is 18.7 Å². The maximum atomic E-state index is 12.3. The number of ether oxygens (including phenoxy) is 1. The lowest BCUT2D eigenvalue weighted by atomic mass is 10.2. The van der Waals surface area contributed by atoms with Gasteiger partial charge in [-0.15, -0.1) is 0 Å². The third kappa shape index (κ3) is 5.19. The number of anilines is 1. The Morgan fingerprint density at radius 2 is 2.04 bits per heavy atom. The normalized spacial score (nSPS) is 11.1. The van der Waals surface area contributed by atoms with E-state index in [1.165, 1.54) is 25.4 Å². The van der Waals surface area contributed by atoms with Gasteiger partial charge in [0, 0.05) is 17.4 Å². The molecule has 9 heteroatoms. The largest absolute Gasteiger partial charge is 0.495 e. The zero-order valence-corrected chi connectivity index (χ0v) is 14.6. The number of pyridine rings is 1. The molecule has 0 aliphatic rings. The number of sulfonamides is 1. The minimum atomic E-state index is -3.33. The molecule has 0 aliphatic carbocycles. The molecule has 0 fully saturated rings. The first-order valence-electron chi connectivity index (χ1n) is 6.83. The second-order valence-electron chi connectivity index (χ2n) is 4.93. The molecular weight excluding hydrogens is 354 g/mol. The topological polar surface area (TPSA) is 97.4 Å². The number of rotatable bonds is 6. The first kappa shape index (κ1) is 18.2. The molecule has 0 saturated heterocycles. The van der Waals surface area contributed by atoms with Crippen molar-refractivity contribution in [3.63, 3.8) is 0 Å². The van der Waals surface area contributed by atoms with Crippen LogP contribution in [0.3, 0.4) is 0 Å². The summed E-state index contributed by atoms with van der Waals surface area (Å²) in [6, 6.07) is 7.93. The van der Waals surface area contributed by atoms with Crippen molar-refractivity contribution in [3.05, 3.63) is 52.8 Å². The number of hydrogen-bond acceptors (Lipinski definition) is 5. The third-order valence-electron chi connectivity index (χ3n) is 3.00. The zero-order valence-electron chi connectivity index (χ0n) is 13.0. The van der Waals surface area contributed by atoms with Crippen LogP contribution in [0.15, 0.2) is 36.5 Å². The Morgan fingerprint density at radius 3 is 2.67 bits per heavy atom. The van der Waals surface area contributed by atoms with Crippen molar-refractivity contribution in [3.8, 4) is 5.75 Å². The number of nitrogens with zero attached hydrogens (tertiary/aromatic N) is 1. The van der Waals surface area contributed by atoms with Crippen molar-refractivity contribution >= 4 is 33.2 Å². The molecule has 2 aromatic rings. The summed E-state index contributed by atoms with van der Waals surface area (Å²) in [7, 11) is -1.83. The Balaban J connectivity index is 2.11. The van der Waals surface area contributed by atoms with Gasteiger partial charge in [0.1, 0.15) is 5.75 Å². The van der Waals surface area contributed by atoms with E-state index in [4.69, 9.17) is 16.3 Å². The summed E-state index contributed by atoms with van der Waals surface area (Å²) < 4.78 is 29.6. The highest BCUT2D eigenvalue weighted by Crippen LogP contribution is 2.27. The first-order chi connectivity index (χ1) is 11.3. The van der Waals surface area contributed by atoms with Gasteiger partial charge in [-0.25, -0.2) is 13.1 Å². The summed E-state index contributed by atoms with van der Waals surface area (Å²) in [4.78, 5) is 16.3. The van der Waals surface area contributed by atoms with Crippen LogP contribution in [-0.2, 0) is 16.6 Å². The average Bonchev–Trinajstić information content (AvgIpc) is 2.53. The van der Waals surface area contributed by atoms with E-state index < -0.39 is 10.0 Å². The van der Waals surface area contributed by atoms with Crippen LogP contribution >= 0.6 is 11.6 Å². The molecule has 1 heterocycles. The summed E-state index contributed by atoms with van der Waals surface area (Å²) in [6.07, 6.45) is 2.49. The van der Waals surface area contributed by atoms with Gasteiger partial charge in [0.25, 0.3) is 5.91 Å². The molecule has 0 bridgehead atoms. The van der Waals surface area contributed by atoms with Crippen LogP contribution in [0.25, 0.3) is 0 Å². The van der Waals surface area contributed by atoms with E-state index in [0.717, 1.165) is 6.26 Å². The molecule has 128 valence electrons. The van der Waals surface area contributed by atoms with Crippen LogP contribution in [0.5, 0.6) is 5.75 Å². The van der Waals surface area contributed by atoms with E-state index in [2.05, 4.69) is 15.0 Å². The molecule has 1 aromatic heterocycles. The Kier molecular flexibility index (Phi) is 5.76. The second kappa shape index (κ2) is 7.61. The van der Waals surface area contributed by atoms with Crippen molar-refractivity contribution < 1.29 is 17.9 Å². The van der Waals surface area contributed by atoms with Gasteiger partial charge in [-0.05, 0) is 30.3 Å². The number of benzene rings is 1. The second-order valence-corrected chi connectivity index (χ2v) is 7.17. The molecule has 0 unspecified atom stereocenters. The zero-order chi connectivity index (χ0) is 17.7. The lowest BCUT2D eigenvalue weighted by molar-refractivity contribution is 0.102. The molecule has 0 saturated carbocycles. The van der Waals surface area contributed by atoms with Crippen LogP contribution in [0.4, 0.5) is 5.69 Å². The summed E-state index contributed by atoms with van der Waals surface area (Å²) >= 11 is 6.02. The molecule has 0 spiro atoms. The van der Waals surface area contributed by atoms with E-state index in [-0.39, 0.29) is 12.5 Å². The van der Waals surface area contributed by atoms with E-state index in [9.17, 15) is 13.2 Å². The first-order valence-corrected chi connectivity index (χ1v) is 9.10. The number of methoxy groups -OCH3 is 1. The predicted molar refractivity (Wildman–Crippen MR) is 91.9 cm³/mol. The fourth-order valence-corrected chi connectivity index (χ4v) is 2.54. The average molecular weight is 370 g/mol. The Hall–Kier alpha value is -2.16. The van der Waals surface area contributed by atoms with Crippen molar-refractivity contribution in [1.29, 1.82) is 0 Å². The number of nitrogens with one attached hydrogen (secondary N) is 2. The molecule has 1 amide bonds. The molecule has 2 rings (SSSR count). The van der Waals surface area contributed by atoms with Gasteiger partial charge in [-0.2, -0.15) is 0 Å². The highest BCUT2D eigenvalue weighted by Gasteiger charge is 2.10. The standard InChI is InChI=1S/C15H16ClN3O4S/c1-23-14-4-3-11(8-13(14)16)19-15(20)10-5-6-17-12(7-10)9-18-24(2,21)22/h3-8,18H,9H2,1-2H3,(H,19,20). The van der Waals surface area contributed by atoms with Gasteiger partial charge >= 0.3 is 0 Å². The van der Waals surface area contributed by atoms with Gasteiger partial charge in [-0.1, -0.05) is 11.6 Å². The molecule has 0 aliphatic heterocycles. The van der Waals surface area contributed by atoms with Crippen molar-refractivity contribution in [2.45, 2.75) is 6.54 Å². The van der Waals surface area contributed by atoms with Crippen LogP contribution in [0, 0.1) is 0 Å². The van der Waals surface area contributed by atoms with Crippen LogP contribution < -0.4 is 14.8 Å². The number of amides is 1. The summed E-state index contributed by atoms with van der Waals surface area (Å²) in [5.41, 5.74) is 1.29. The number of carbonyl (C=O) groups is 1. The van der Waals surface area contributed by atoms with Gasteiger partial charge in [0.15, 0.2) is 0 Å². The fourth-order valence-electron chi connectivity index (χ4n) is 1.87. The SMILES string of the molecule is COc1ccc(NC(=O)c2ccnc(CNS(C)(=O)=O)c2)cc1Cl. The third-order valence-corrected chi connectivity index (χ3v) is 3.97. The summed E-state index contributed by atoms with van der Waals surface area (Å²) in [5, 5.41) is 3.08. The lowest BCUT2D eigenvalue weighted by Crippen LogP contribution is -2.22. The Labute approximate surface area is 145 Å². The summed E-state index contributed by atoms with van der Waals surface area (Å²) in [6.45, 7) is 0.00825. The maximum absolute atomic E-state index is 12.3. The molecule has 0 atom stereocenters. The van der Waals surface area contributed by atoms with Gasteiger partial charge < -0.3 is 10.1 Å². The van der Waals surface area contributed by atoms with Crippen molar-refractivity contribution in [1.82, 2.24) is 9.71 Å². The molecule has 1 aromatic carbocycles. The Bertz CT molecular complexity index is 856.